The number of methoxy groups -OCH3 is 1. The maximum atomic E-state index is 12.8. The van der Waals surface area contributed by atoms with Gasteiger partial charge in [-0.25, -0.2) is 4.39 Å². The van der Waals surface area contributed by atoms with Crippen LogP contribution in [0.1, 0.15) is 19.8 Å². The van der Waals surface area contributed by atoms with Crippen molar-refractivity contribution in [2.45, 2.75) is 25.9 Å². The smallest absolute Gasteiger partial charge is 0.305 e. The van der Waals surface area contributed by atoms with Crippen molar-refractivity contribution in [3.8, 4) is 5.75 Å². The monoisotopic (exact) mass is 297 g/mol. The van der Waals surface area contributed by atoms with Crippen LogP contribution in [0.2, 0.25) is 0 Å². The van der Waals surface area contributed by atoms with E-state index in [9.17, 15) is 14.0 Å². The third-order valence-electron chi connectivity index (χ3n) is 2.95. The Kier molecular flexibility index (Phi) is 6.65. The van der Waals surface area contributed by atoms with E-state index in [1.165, 1.54) is 36.3 Å². The number of benzene rings is 1. The molecule has 1 unspecified atom stereocenters. The summed E-state index contributed by atoms with van der Waals surface area (Å²) < 4.78 is 22.8. The number of halogens is 1. The second-order valence-corrected chi connectivity index (χ2v) is 4.65. The highest BCUT2D eigenvalue weighted by molar-refractivity contribution is 5.80. The highest BCUT2D eigenvalue weighted by Gasteiger charge is 2.19. The molecule has 21 heavy (non-hydrogen) atoms. The molecule has 6 heteroatoms. The van der Waals surface area contributed by atoms with Crippen molar-refractivity contribution >= 4 is 11.9 Å². The van der Waals surface area contributed by atoms with Gasteiger partial charge in [-0.05, 0) is 37.6 Å². The molecular formula is C15H20FNO4. The van der Waals surface area contributed by atoms with Gasteiger partial charge in [-0.1, -0.05) is 0 Å². The zero-order valence-electron chi connectivity index (χ0n) is 12.5. The maximum absolute atomic E-state index is 12.8. The number of likely N-dealkylation sites (N-methyl/N-ethyl adjacent to an activating group) is 1. The van der Waals surface area contributed by atoms with Crippen LogP contribution in [0.5, 0.6) is 5.75 Å². The molecule has 0 N–H and O–H groups in total. The van der Waals surface area contributed by atoms with Gasteiger partial charge in [0.05, 0.1) is 7.11 Å². The van der Waals surface area contributed by atoms with Crippen molar-refractivity contribution in [2.24, 2.45) is 0 Å². The number of esters is 1. The summed E-state index contributed by atoms with van der Waals surface area (Å²) in [5, 5.41) is 0. The number of hydrogen-bond donors (Lipinski definition) is 0. The summed E-state index contributed by atoms with van der Waals surface area (Å²) in [5.74, 6) is -0.433. The van der Waals surface area contributed by atoms with Crippen molar-refractivity contribution in [3.63, 3.8) is 0 Å². The summed E-state index contributed by atoms with van der Waals surface area (Å²) in [6, 6.07) is 5.48. The van der Waals surface area contributed by atoms with Gasteiger partial charge in [0.2, 0.25) is 0 Å². The SMILES string of the molecule is COC(=O)CCCN(C)C(=O)C(C)Oc1ccc(F)cc1. The number of carbonyl (C=O) groups excluding carboxylic acids is 2. The molecule has 0 bridgehead atoms. The van der Waals surface area contributed by atoms with E-state index in [-0.39, 0.29) is 24.1 Å². The lowest BCUT2D eigenvalue weighted by Gasteiger charge is -2.22. The molecule has 1 aromatic rings. The Morgan fingerprint density at radius 3 is 2.48 bits per heavy atom. The fourth-order valence-electron chi connectivity index (χ4n) is 1.75. The number of nitrogens with zero attached hydrogens (tertiary/aromatic N) is 1. The molecule has 0 aliphatic heterocycles. The highest BCUT2D eigenvalue weighted by atomic mass is 19.1. The first-order chi connectivity index (χ1) is 9.93. The Labute approximate surface area is 123 Å². The second kappa shape index (κ2) is 8.24. The summed E-state index contributed by atoms with van der Waals surface area (Å²) in [6.07, 6.45) is 0.109. The molecule has 0 fully saturated rings. The van der Waals surface area contributed by atoms with Crippen LogP contribution < -0.4 is 4.74 Å². The summed E-state index contributed by atoms with van der Waals surface area (Å²) in [7, 11) is 2.97. The largest absolute Gasteiger partial charge is 0.481 e. The topological polar surface area (TPSA) is 55.8 Å². The quantitative estimate of drug-likeness (QED) is 0.722. The predicted molar refractivity (Wildman–Crippen MR) is 75.4 cm³/mol. The summed E-state index contributed by atoms with van der Waals surface area (Å²) in [5.41, 5.74) is 0. The van der Waals surface area contributed by atoms with Crippen molar-refractivity contribution in [2.75, 3.05) is 20.7 Å². The number of ether oxygens (including phenoxy) is 2. The number of rotatable bonds is 7. The van der Waals surface area contributed by atoms with E-state index in [0.29, 0.717) is 18.7 Å². The lowest BCUT2D eigenvalue weighted by Crippen LogP contribution is -2.38. The highest BCUT2D eigenvalue weighted by Crippen LogP contribution is 2.13. The first-order valence-electron chi connectivity index (χ1n) is 6.68. The maximum Gasteiger partial charge on any atom is 0.305 e. The summed E-state index contributed by atoms with van der Waals surface area (Å²) in [4.78, 5) is 24.6. The minimum Gasteiger partial charge on any atom is -0.481 e. The molecule has 0 heterocycles. The second-order valence-electron chi connectivity index (χ2n) is 4.65. The van der Waals surface area contributed by atoms with Crippen LogP contribution >= 0.6 is 0 Å². The van der Waals surface area contributed by atoms with Gasteiger partial charge in [0, 0.05) is 20.0 Å². The van der Waals surface area contributed by atoms with E-state index in [1.807, 2.05) is 0 Å². The van der Waals surface area contributed by atoms with Crippen LogP contribution in [0.4, 0.5) is 4.39 Å². The molecule has 0 saturated carbocycles. The van der Waals surface area contributed by atoms with Crippen LogP contribution in [-0.4, -0.2) is 43.6 Å². The fraction of sp³-hybridized carbons (Fsp3) is 0.467. The van der Waals surface area contributed by atoms with Crippen LogP contribution in [0, 0.1) is 5.82 Å². The fourth-order valence-corrected chi connectivity index (χ4v) is 1.75. The Bertz CT molecular complexity index is 475. The van der Waals surface area contributed by atoms with E-state index in [4.69, 9.17) is 4.74 Å². The van der Waals surface area contributed by atoms with E-state index in [0.717, 1.165) is 0 Å². The van der Waals surface area contributed by atoms with Gasteiger partial charge in [-0.2, -0.15) is 0 Å². The molecule has 1 atom stereocenters. The normalized spacial score (nSPS) is 11.6. The first kappa shape index (κ1) is 16.9. The van der Waals surface area contributed by atoms with Crippen molar-refractivity contribution in [1.29, 1.82) is 0 Å². The molecule has 1 amide bonds. The predicted octanol–water partition coefficient (Wildman–Crippen LogP) is 2.00. The van der Waals surface area contributed by atoms with E-state index in [1.54, 1.807) is 14.0 Å². The minimum atomic E-state index is -0.682. The van der Waals surface area contributed by atoms with Gasteiger partial charge in [-0.15, -0.1) is 0 Å². The van der Waals surface area contributed by atoms with Crippen LogP contribution in [0.25, 0.3) is 0 Å². The third kappa shape index (κ3) is 5.81. The van der Waals surface area contributed by atoms with Crippen LogP contribution in [0.3, 0.4) is 0 Å². The van der Waals surface area contributed by atoms with E-state index >= 15 is 0 Å². The molecular weight excluding hydrogens is 277 g/mol. The van der Waals surface area contributed by atoms with Gasteiger partial charge < -0.3 is 14.4 Å². The van der Waals surface area contributed by atoms with Gasteiger partial charge in [0.25, 0.3) is 5.91 Å². The standard InChI is InChI=1S/C15H20FNO4/c1-11(21-13-8-6-12(16)7-9-13)15(19)17(2)10-4-5-14(18)20-3/h6-9,11H,4-5,10H2,1-3H3. The van der Waals surface area contributed by atoms with E-state index < -0.39 is 6.10 Å². The third-order valence-corrected chi connectivity index (χ3v) is 2.95. The average molecular weight is 297 g/mol. The zero-order valence-corrected chi connectivity index (χ0v) is 12.5. The molecule has 0 aromatic heterocycles. The number of hydrogen-bond acceptors (Lipinski definition) is 4. The Morgan fingerprint density at radius 1 is 1.29 bits per heavy atom. The van der Waals surface area contributed by atoms with Crippen molar-refractivity contribution in [1.82, 2.24) is 4.90 Å². The van der Waals surface area contributed by atoms with Crippen molar-refractivity contribution < 1.29 is 23.5 Å². The van der Waals surface area contributed by atoms with Gasteiger partial charge >= 0.3 is 5.97 Å². The molecule has 0 saturated heterocycles. The van der Waals surface area contributed by atoms with E-state index in [2.05, 4.69) is 4.74 Å². The molecule has 1 aromatic carbocycles. The first-order valence-corrected chi connectivity index (χ1v) is 6.68. The summed E-state index contributed by atoms with van der Waals surface area (Å²) >= 11 is 0. The van der Waals surface area contributed by atoms with Gasteiger partial charge in [-0.3, -0.25) is 9.59 Å². The molecule has 5 nitrogen and oxygen atoms in total. The lowest BCUT2D eigenvalue weighted by atomic mass is 10.2. The Morgan fingerprint density at radius 2 is 1.90 bits per heavy atom. The minimum absolute atomic E-state index is 0.204. The zero-order chi connectivity index (χ0) is 15.8. The van der Waals surface area contributed by atoms with Gasteiger partial charge in [0.15, 0.2) is 6.10 Å². The molecule has 0 aliphatic rings. The number of carbonyl (C=O) groups is 2. The lowest BCUT2D eigenvalue weighted by molar-refractivity contribution is -0.142. The summed E-state index contributed by atoms with van der Waals surface area (Å²) in [6.45, 7) is 2.06. The molecule has 1 rings (SSSR count). The van der Waals surface area contributed by atoms with Crippen LogP contribution in [-0.2, 0) is 14.3 Å². The molecule has 0 radical (unpaired) electrons. The Balaban J connectivity index is 2.42. The van der Waals surface area contributed by atoms with Gasteiger partial charge in [0.1, 0.15) is 11.6 Å². The molecule has 0 aliphatic carbocycles. The Hall–Kier alpha value is -2.11. The molecule has 116 valence electrons. The van der Waals surface area contributed by atoms with Crippen LogP contribution in [0.15, 0.2) is 24.3 Å². The average Bonchev–Trinajstić information content (AvgIpc) is 2.48. The number of amides is 1. The van der Waals surface area contributed by atoms with Crippen molar-refractivity contribution in [3.05, 3.63) is 30.1 Å². The molecule has 0 spiro atoms.